The average molecular weight is 453 g/mol. The van der Waals surface area contributed by atoms with Gasteiger partial charge < -0.3 is 9.64 Å². The highest BCUT2D eigenvalue weighted by Gasteiger charge is 2.37. The molecule has 0 N–H and O–H groups in total. The minimum Gasteiger partial charge on any atom is -0.379 e. The van der Waals surface area contributed by atoms with Crippen molar-refractivity contribution < 1.29 is 14.1 Å². The van der Waals surface area contributed by atoms with Crippen LogP contribution in [0.1, 0.15) is 6.42 Å². The van der Waals surface area contributed by atoms with E-state index in [0.29, 0.717) is 35.4 Å². The van der Waals surface area contributed by atoms with Crippen molar-refractivity contribution in [2.75, 3.05) is 30.9 Å². The van der Waals surface area contributed by atoms with Crippen LogP contribution in [0.15, 0.2) is 53.4 Å². The average Bonchev–Trinajstić information content (AvgIpc) is 3.11. The van der Waals surface area contributed by atoms with Crippen LogP contribution in [0.4, 0.5) is 16.0 Å². The molecule has 2 saturated heterocycles. The van der Waals surface area contributed by atoms with Crippen molar-refractivity contribution in [1.82, 2.24) is 9.97 Å². The Labute approximate surface area is 188 Å². The van der Waals surface area contributed by atoms with E-state index < -0.39 is 4.92 Å². The number of aromatic nitrogens is 2. The van der Waals surface area contributed by atoms with E-state index in [2.05, 4.69) is 4.90 Å². The molecule has 0 aliphatic carbocycles. The van der Waals surface area contributed by atoms with Crippen molar-refractivity contribution >= 4 is 23.4 Å². The van der Waals surface area contributed by atoms with Crippen molar-refractivity contribution in [3.05, 3.63) is 64.5 Å². The lowest BCUT2D eigenvalue weighted by Gasteiger charge is -2.25. The predicted octanol–water partition coefficient (Wildman–Crippen LogP) is 4.80. The van der Waals surface area contributed by atoms with Crippen molar-refractivity contribution in [2.24, 2.45) is 5.92 Å². The number of benzene rings is 2. The van der Waals surface area contributed by atoms with Crippen LogP contribution in [0.2, 0.25) is 0 Å². The van der Waals surface area contributed by atoms with Gasteiger partial charge in [-0.05, 0) is 49.1 Å². The van der Waals surface area contributed by atoms with Gasteiger partial charge in [0.05, 0.1) is 35.6 Å². The SMILES string of the molecule is CSc1ccc(F)cc1-c1cc(-c2ccc([N+](=O)[O-])cc2)nc(N2CC3COCC2C3)n1. The Morgan fingerprint density at radius 2 is 1.91 bits per heavy atom. The molecule has 0 radical (unpaired) electrons. The number of rotatable bonds is 5. The standard InChI is InChI=1S/C23H21FN4O3S/c1-32-22-7-4-16(24)9-19(22)21-10-20(15-2-5-17(6-3-15)28(29)30)25-23(26-21)27-11-14-8-18(27)13-31-12-14/h2-7,9-10,14,18H,8,11-13H2,1H3. The third kappa shape index (κ3) is 3.93. The zero-order chi connectivity index (χ0) is 22.2. The first-order valence-corrected chi connectivity index (χ1v) is 11.6. The van der Waals surface area contributed by atoms with E-state index in [1.165, 1.54) is 36.0 Å². The summed E-state index contributed by atoms with van der Waals surface area (Å²) in [4.78, 5) is 23.4. The molecule has 7 nitrogen and oxygen atoms in total. The maximum absolute atomic E-state index is 14.1. The maximum Gasteiger partial charge on any atom is 0.269 e. The normalized spacial score (nSPS) is 19.9. The van der Waals surface area contributed by atoms with Crippen molar-refractivity contribution in [3.63, 3.8) is 0 Å². The largest absolute Gasteiger partial charge is 0.379 e. The van der Waals surface area contributed by atoms with Gasteiger partial charge in [0.2, 0.25) is 5.95 Å². The van der Waals surface area contributed by atoms with Gasteiger partial charge in [-0.15, -0.1) is 11.8 Å². The second kappa shape index (κ2) is 8.48. The van der Waals surface area contributed by atoms with Gasteiger partial charge in [0, 0.05) is 40.6 Å². The van der Waals surface area contributed by atoms with Gasteiger partial charge in [-0.3, -0.25) is 10.1 Å². The van der Waals surface area contributed by atoms with Crippen LogP contribution in [-0.4, -0.2) is 46.9 Å². The number of hydrogen-bond donors (Lipinski definition) is 0. The highest BCUT2D eigenvalue weighted by molar-refractivity contribution is 7.98. The lowest BCUT2D eigenvalue weighted by atomic mass is 10.1. The second-order valence-electron chi connectivity index (χ2n) is 8.03. The minimum atomic E-state index is -0.428. The molecule has 2 bridgehead atoms. The summed E-state index contributed by atoms with van der Waals surface area (Å²) in [5.74, 6) is 0.685. The summed E-state index contributed by atoms with van der Waals surface area (Å²) in [7, 11) is 0. The first-order chi connectivity index (χ1) is 15.5. The summed E-state index contributed by atoms with van der Waals surface area (Å²) < 4.78 is 19.9. The van der Waals surface area contributed by atoms with Gasteiger partial charge in [-0.25, -0.2) is 14.4 Å². The third-order valence-electron chi connectivity index (χ3n) is 5.95. The minimum absolute atomic E-state index is 0.0172. The smallest absolute Gasteiger partial charge is 0.269 e. The first-order valence-electron chi connectivity index (χ1n) is 10.3. The molecule has 0 amide bonds. The molecule has 3 aromatic rings. The number of non-ortho nitro benzene ring substituents is 1. The summed E-state index contributed by atoms with van der Waals surface area (Å²) in [6, 6.07) is 13.0. The van der Waals surface area contributed by atoms with E-state index in [4.69, 9.17) is 14.7 Å². The fraction of sp³-hybridized carbons (Fsp3) is 0.304. The number of fused-ring (bicyclic) bond motifs is 2. The number of halogens is 1. The van der Waals surface area contributed by atoms with Gasteiger partial charge in [-0.1, -0.05) is 0 Å². The number of nitro benzene ring substituents is 1. The molecular weight excluding hydrogens is 431 g/mol. The molecule has 5 rings (SSSR count). The number of anilines is 1. The van der Waals surface area contributed by atoms with Crippen LogP contribution >= 0.6 is 11.8 Å². The Balaban J connectivity index is 1.64. The van der Waals surface area contributed by atoms with E-state index in [9.17, 15) is 14.5 Å². The number of ether oxygens (including phenoxy) is 1. The molecule has 2 unspecified atom stereocenters. The van der Waals surface area contributed by atoms with Gasteiger partial charge >= 0.3 is 0 Å². The van der Waals surface area contributed by atoms with Crippen molar-refractivity contribution in [1.29, 1.82) is 0 Å². The molecule has 2 fully saturated rings. The monoisotopic (exact) mass is 452 g/mol. The van der Waals surface area contributed by atoms with E-state index in [-0.39, 0.29) is 17.5 Å². The summed E-state index contributed by atoms with van der Waals surface area (Å²) in [6.45, 7) is 2.18. The zero-order valence-corrected chi connectivity index (χ0v) is 18.2. The Bertz CT molecular complexity index is 1170. The van der Waals surface area contributed by atoms with Crippen molar-refractivity contribution in [3.8, 4) is 22.5 Å². The molecule has 164 valence electrons. The van der Waals surface area contributed by atoms with Gasteiger partial charge in [0.1, 0.15) is 5.82 Å². The number of nitro groups is 1. The summed E-state index contributed by atoms with van der Waals surface area (Å²) in [5.41, 5.74) is 2.71. The molecule has 0 saturated carbocycles. The van der Waals surface area contributed by atoms with Gasteiger partial charge in [0.15, 0.2) is 0 Å². The quantitative estimate of drug-likeness (QED) is 0.312. The molecule has 2 aliphatic rings. The van der Waals surface area contributed by atoms with Gasteiger partial charge in [-0.2, -0.15) is 0 Å². The molecule has 1 aromatic heterocycles. The van der Waals surface area contributed by atoms with Crippen LogP contribution in [0.5, 0.6) is 0 Å². The lowest BCUT2D eigenvalue weighted by Crippen LogP contribution is -2.34. The fourth-order valence-corrected chi connectivity index (χ4v) is 4.98. The molecule has 32 heavy (non-hydrogen) atoms. The van der Waals surface area contributed by atoms with Gasteiger partial charge in [0.25, 0.3) is 5.69 Å². The van der Waals surface area contributed by atoms with Crippen LogP contribution in [-0.2, 0) is 4.74 Å². The summed E-state index contributed by atoms with van der Waals surface area (Å²) >= 11 is 1.52. The van der Waals surface area contributed by atoms with Crippen LogP contribution < -0.4 is 4.90 Å². The Morgan fingerprint density at radius 3 is 2.62 bits per heavy atom. The molecule has 2 atom stereocenters. The predicted molar refractivity (Wildman–Crippen MR) is 121 cm³/mol. The van der Waals surface area contributed by atoms with Crippen LogP contribution in [0.3, 0.4) is 0 Å². The van der Waals surface area contributed by atoms with E-state index in [0.717, 1.165) is 30.0 Å². The second-order valence-corrected chi connectivity index (χ2v) is 8.88. The molecule has 2 aliphatic heterocycles. The Kier molecular flexibility index (Phi) is 5.52. The maximum atomic E-state index is 14.1. The summed E-state index contributed by atoms with van der Waals surface area (Å²) in [5, 5.41) is 11.0. The molecule has 2 aromatic carbocycles. The highest BCUT2D eigenvalue weighted by atomic mass is 32.2. The molecular formula is C23H21FN4O3S. The van der Waals surface area contributed by atoms with E-state index in [1.807, 2.05) is 12.3 Å². The lowest BCUT2D eigenvalue weighted by molar-refractivity contribution is -0.384. The first kappa shape index (κ1) is 20.8. The summed E-state index contributed by atoms with van der Waals surface area (Å²) in [6.07, 6.45) is 2.98. The fourth-order valence-electron chi connectivity index (χ4n) is 4.39. The Hall–Kier alpha value is -3.04. The number of nitrogens with zero attached hydrogens (tertiary/aromatic N) is 4. The van der Waals surface area contributed by atoms with Crippen molar-refractivity contribution in [2.45, 2.75) is 17.4 Å². The molecule has 0 spiro atoms. The van der Waals surface area contributed by atoms with E-state index in [1.54, 1.807) is 18.2 Å². The molecule has 3 heterocycles. The third-order valence-corrected chi connectivity index (χ3v) is 6.74. The highest BCUT2D eigenvalue weighted by Crippen LogP contribution is 2.36. The van der Waals surface area contributed by atoms with Crippen LogP contribution in [0, 0.1) is 21.8 Å². The topological polar surface area (TPSA) is 81.4 Å². The Morgan fingerprint density at radius 1 is 1.12 bits per heavy atom. The van der Waals surface area contributed by atoms with Crippen LogP contribution in [0.25, 0.3) is 22.5 Å². The number of thioether (sulfide) groups is 1. The van der Waals surface area contributed by atoms with E-state index >= 15 is 0 Å². The zero-order valence-electron chi connectivity index (χ0n) is 17.4. The molecule has 9 heteroatoms. The number of hydrogen-bond acceptors (Lipinski definition) is 7.